The summed E-state index contributed by atoms with van der Waals surface area (Å²) in [6.45, 7) is 1.36. The fourth-order valence-electron chi connectivity index (χ4n) is 2.10. The molecule has 1 N–H and O–H groups in total. The first-order chi connectivity index (χ1) is 11.9. The minimum absolute atomic E-state index is 0.0717. The van der Waals surface area contributed by atoms with Crippen LogP contribution in [0, 0.1) is 5.82 Å². The van der Waals surface area contributed by atoms with E-state index in [-0.39, 0.29) is 16.6 Å². The average molecular weight is 366 g/mol. The van der Waals surface area contributed by atoms with Crippen molar-refractivity contribution in [2.45, 2.75) is 13.0 Å². The van der Waals surface area contributed by atoms with Crippen molar-refractivity contribution in [2.75, 3.05) is 13.7 Å². The Morgan fingerprint density at radius 2 is 1.88 bits per heavy atom. The van der Waals surface area contributed by atoms with E-state index < -0.39 is 24.3 Å². The lowest BCUT2D eigenvalue weighted by Gasteiger charge is -2.15. The molecule has 0 aromatic heterocycles. The van der Waals surface area contributed by atoms with E-state index in [0.29, 0.717) is 5.75 Å². The van der Waals surface area contributed by atoms with Gasteiger partial charge in [0.25, 0.3) is 5.91 Å². The minimum Gasteiger partial charge on any atom is -0.497 e. The van der Waals surface area contributed by atoms with Crippen molar-refractivity contribution in [3.63, 3.8) is 0 Å². The summed E-state index contributed by atoms with van der Waals surface area (Å²) in [6.07, 6.45) is 0. The second-order valence-electron chi connectivity index (χ2n) is 5.27. The van der Waals surface area contributed by atoms with E-state index in [9.17, 15) is 14.0 Å². The van der Waals surface area contributed by atoms with Gasteiger partial charge in [-0.15, -0.1) is 0 Å². The summed E-state index contributed by atoms with van der Waals surface area (Å²) >= 11 is 5.61. The lowest BCUT2D eigenvalue weighted by molar-refractivity contribution is -0.124. The summed E-state index contributed by atoms with van der Waals surface area (Å²) in [5.74, 6) is -1.13. The van der Waals surface area contributed by atoms with Crippen molar-refractivity contribution in [3.05, 3.63) is 64.4 Å². The Morgan fingerprint density at radius 3 is 2.48 bits per heavy atom. The highest BCUT2D eigenvalue weighted by Crippen LogP contribution is 2.18. The zero-order valence-electron chi connectivity index (χ0n) is 13.7. The van der Waals surface area contributed by atoms with Gasteiger partial charge in [0.2, 0.25) is 0 Å². The number of ether oxygens (including phenoxy) is 2. The maximum Gasteiger partial charge on any atom is 0.338 e. The number of benzene rings is 2. The van der Waals surface area contributed by atoms with Crippen LogP contribution in [0.15, 0.2) is 42.5 Å². The number of carbonyl (C=O) groups excluding carboxylic acids is 2. The molecule has 1 atom stereocenters. The molecule has 0 spiro atoms. The second-order valence-corrected chi connectivity index (χ2v) is 5.67. The number of rotatable bonds is 6. The molecule has 0 heterocycles. The Kier molecular flexibility index (Phi) is 6.36. The van der Waals surface area contributed by atoms with Crippen molar-refractivity contribution in [1.29, 1.82) is 0 Å². The zero-order chi connectivity index (χ0) is 18.4. The van der Waals surface area contributed by atoms with E-state index in [4.69, 9.17) is 21.1 Å². The van der Waals surface area contributed by atoms with E-state index in [2.05, 4.69) is 5.32 Å². The molecule has 0 saturated carbocycles. The Balaban J connectivity index is 1.86. The predicted molar refractivity (Wildman–Crippen MR) is 91.2 cm³/mol. The van der Waals surface area contributed by atoms with Gasteiger partial charge >= 0.3 is 5.97 Å². The first-order valence-corrected chi connectivity index (χ1v) is 7.84. The Hall–Kier alpha value is -2.60. The molecule has 0 aliphatic rings. The average Bonchev–Trinajstić information content (AvgIpc) is 2.62. The van der Waals surface area contributed by atoms with Gasteiger partial charge in [-0.3, -0.25) is 4.79 Å². The zero-order valence-corrected chi connectivity index (χ0v) is 14.5. The molecule has 0 fully saturated rings. The monoisotopic (exact) mass is 365 g/mol. The van der Waals surface area contributed by atoms with Crippen LogP contribution in [0.2, 0.25) is 5.02 Å². The number of esters is 1. The summed E-state index contributed by atoms with van der Waals surface area (Å²) < 4.78 is 23.1. The summed E-state index contributed by atoms with van der Waals surface area (Å²) in [6, 6.07) is 10.4. The molecule has 25 heavy (non-hydrogen) atoms. The molecular weight excluding hydrogens is 349 g/mol. The summed E-state index contributed by atoms with van der Waals surface area (Å²) in [5, 5.41) is 2.53. The van der Waals surface area contributed by atoms with Crippen LogP contribution in [-0.4, -0.2) is 25.6 Å². The largest absolute Gasteiger partial charge is 0.497 e. The van der Waals surface area contributed by atoms with E-state index in [1.807, 2.05) is 12.1 Å². The molecule has 2 aromatic carbocycles. The maximum absolute atomic E-state index is 13.1. The van der Waals surface area contributed by atoms with Crippen molar-refractivity contribution in [1.82, 2.24) is 5.32 Å². The van der Waals surface area contributed by atoms with Crippen LogP contribution in [0.1, 0.15) is 28.9 Å². The number of hydrogen-bond donors (Lipinski definition) is 1. The third-order valence-electron chi connectivity index (χ3n) is 3.48. The molecule has 0 bridgehead atoms. The Labute approximate surface area is 149 Å². The molecule has 2 aromatic rings. The topological polar surface area (TPSA) is 64.6 Å². The quantitative estimate of drug-likeness (QED) is 0.795. The normalized spacial score (nSPS) is 11.5. The number of hydrogen-bond acceptors (Lipinski definition) is 4. The molecule has 0 aliphatic heterocycles. The van der Waals surface area contributed by atoms with Crippen LogP contribution in [-0.2, 0) is 9.53 Å². The van der Waals surface area contributed by atoms with Gasteiger partial charge in [-0.25, -0.2) is 9.18 Å². The minimum atomic E-state index is -0.755. The summed E-state index contributed by atoms with van der Waals surface area (Å²) in [5.41, 5.74) is 0.952. The van der Waals surface area contributed by atoms with Crippen LogP contribution in [0.4, 0.5) is 4.39 Å². The molecule has 0 radical (unpaired) electrons. The van der Waals surface area contributed by atoms with Gasteiger partial charge < -0.3 is 14.8 Å². The molecule has 0 saturated heterocycles. The van der Waals surface area contributed by atoms with Gasteiger partial charge in [-0.2, -0.15) is 0 Å². The van der Waals surface area contributed by atoms with E-state index >= 15 is 0 Å². The van der Waals surface area contributed by atoms with Gasteiger partial charge in [0.15, 0.2) is 6.61 Å². The molecule has 1 amide bonds. The molecule has 0 aliphatic carbocycles. The fraction of sp³-hybridized carbons (Fsp3) is 0.222. The number of halogens is 2. The molecule has 132 valence electrons. The molecular formula is C18H17ClFNO4. The summed E-state index contributed by atoms with van der Waals surface area (Å²) in [7, 11) is 1.57. The number of methoxy groups -OCH3 is 1. The van der Waals surface area contributed by atoms with Crippen molar-refractivity contribution >= 4 is 23.5 Å². The van der Waals surface area contributed by atoms with Crippen LogP contribution >= 0.6 is 11.6 Å². The molecule has 0 unspecified atom stereocenters. The van der Waals surface area contributed by atoms with Gasteiger partial charge in [-0.1, -0.05) is 23.7 Å². The van der Waals surface area contributed by atoms with E-state index in [1.165, 1.54) is 6.07 Å². The highest BCUT2D eigenvalue weighted by atomic mass is 35.5. The number of nitrogens with one attached hydrogen (secondary N) is 1. The first-order valence-electron chi connectivity index (χ1n) is 7.46. The third kappa shape index (κ3) is 5.19. The van der Waals surface area contributed by atoms with Crippen LogP contribution < -0.4 is 10.1 Å². The number of carbonyl (C=O) groups is 2. The van der Waals surface area contributed by atoms with E-state index in [1.54, 1.807) is 26.2 Å². The Morgan fingerprint density at radius 1 is 1.20 bits per heavy atom. The summed E-state index contributed by atoms with van der Waals surface area (Å²) in [4.78, 5) is 23.7. The molecule has 2 rings (SSSR count). The smallest absolute Gasteiger partial charge is 0.338 e. The van der Waals surface area contributed by atoms with Crippen LogP contribution in [0.3, 0.4) is 0 Å². The second kappa shape index (κ2) is 8.48. The fourth-order valence-corrected chi connectivity index (χ4v) is 2.28. The number of amides is 1. The van der Waals surface area contributed by atoms with Crippen LogP contribution in [0.5, 0.6) is 5.75 Å². The van der Waals surface area contributed by atoms with E-state index in [0.717, 1.165) is 17.7 Å². The van der Waals surface area contributed by atoms with Gasteiger partial charge in [0.1, 0.15) is 11.6 Å². The SMILES string of the molecule is COc1ccc([C@H](C)NC(=O)COC(=O)c2ccc(F)c(Cl)c2)cc1. The molecule has 5 nitrogen and oxygen atoms in total. The Bertz CT molecular complexity index is 764. The lowest BCUT2D eigenvalue weighted by Crippen LogP contribution is -2.31. The van der Waals surface area contributed by atoms with Crippen molar-refractivity contribution < 1.29 is 23.5 Å². The highest BCUT2D eigenvalue weighted by molar-refractivity contribution is 6.31. The van der Waals surface area contributed by atoms with Crippen molar-refractivity contribution in [2.24, 2.45) is 0 Å². The molecule has 7 heteroatoms. The standard InChI is InChI=1S/C18H17ClFNO4/c1-11(12-3-6-14(24-2)7-4-12)21-17(22)10-25-18(23)13-5-8-16(20)15(19)9-13/h3-9,11H,10H2,1-2H3,(H,21,22)/t11-/m0/s1. The lowest BCUT2D eigenvalue weighted by atomic mass is 10.1. The van der Waals surface area contributed by atoms with Crippen molar-refractivity contribution in [3.8, 4) is 5.75 Å². The van der Waals surface area contributed by atoms with Gasteiger partial charge in [0, 0.05) is 0 Å². The predicted octanol–water partition coefficient (Wildman–Crippen LogP) is 3.52. The van der Waals surface area contributed by atoms with Gasteiger partial charge in [0.05, 0.1) is 23.7 Å². The highest BCUT2D eigenvalue weighted by Gasteiger charge is 2.14. The van der Waals surface area contributed by atoms with Crippen LogP contribution in [0.25, 0.3) is 0 Å². The van der Waals surface area contributed by atoms with Gasteiger partial charge in [-0.05, 0) is 42.8 Å². The third-order valence-corrected chi connectivity index (χ3v) is 3.77. The first kappa shape index (κ1) is 18.7. The maximum atomic E-state index is 13.1.